The second-order valence-corrected chi connectivity index (χ2v) is 3.61. The number of hydrogen-bond acceptors (Lipinski definition) is 1. The molecule has 0 atom stereocenters. The molecule has 0 radical (unpaired) electrons. The van der Waals surface area contributed by atoms with Gasteiger partial charge in [0.15, 0.2) is 5.82 Å². The van der Waals surface area contributed by atoms with Crippen molar-refractivity contribution in [3.05, 3.63) is 34.7 Å². The predicted octanol–water partition coefficient (Wildman–Crippen LogP) is 2.43. The van der Waals surface area contributed by atoms with Gasteiger partial charge in [-0.2, -0.15) is 0 Å². The smallest absolute Gasteiger partial charge is 0.166 e. The minimum Gasteiger partial charge on any atom is -0.348 e. The van der Waals surface area contributed by atoms with Crippen LogP contribution < -0.4 is 5.73 Å². The maximum Gasteiger partial charge on any atom is 0.166 e. The monoisotopic (exact) mass is 212 g/mol. The Morgan fingerprint density at radius 2 is 2.29 bits per heavy atom. The minimum atomic E-state index is -0.392. The molecular weight excluding hydrogens is 203 g/mol. The van der Waals surface area contributed by atoms with Gasteiger partial charge in [-0.3, -0.25) is 0 Å². The van der Waals surface area contributed by atoms with Gasteiger partial charge in [0.2, 0.25) is 0 Å². The Morgan fingerprint density at radius 1 is 1.57 bits per heavy atom. The molecule has 0 unspecified atom stereocenters. The molecule has 2 rings (SSSR count). The Hall–Kier alpha value is -1.06. The van der Waals surface area contributed by atoms with Crippen LogP contribution >= 0.6 is 11.6 Å². The molecule has 0 bridgehead atoms. The zero-order valence-electron chi connectivity index (χ0n) is 7.72. The highest BCUT2D eigenvalue weighted by Gasteiger charge is 2.12. The van der Waals surface area contributed by atoms with Gasteiger partial charge in [-0.25, -0.2) is 4.39 Å². The van der Waals surface area contributed by atoms with Crippen molar-refractivity contribution in [3.63, 3.8) is 0 Å². The number of aromatic nitrogens is 1. The molecule has 0 aliphatic rings. The number of aryl methyl sites for hydroxylation is 1. The van der Waals surface area contributed by atoms with E-state index in [9.17, 15) is 4.39 Å². The van der Waals surface area contributed by atoms with Crippen molar-refractivity contribution in [1.29, 1.82) is 0 Å². The van der Waals surface area contributed by atoms with Crippen molar-refractivity contribution < 1.29 is 4.39 Å². The van der Waals surface area contributed by atoms with Crippen molar-refractivity contribution in [2.75, 3.05) is 0 Å². The molecule has 0 fully saturated rings. The lowest BCUT2D eigenvalue weighted by Crippen LogP contribution is -2.00. The van der Waals surface area contributed by atoms with Gasteiger partial charge in [0, 0.05) is 25.2 Å². The molecule has 0 saturated carbocycles. The molecule has 74 valence electrons. The second kappa shape index (κ2) is 3.26. The fraction of sp³-hybridized carbons (Fsp3) is 0.200. The maximum atomic E-state index is 13.7. The molecule has 4 heteroatoms. The average molecular weight is 213 g/mol. The van der Waals surface area contributed by atoms with Gasteiger partial charge in [0.25, 0.3) is 0 Å². The van der Waals surface area contributed by atoms with E-state index in [1.54, 1.807) is 17.8 Å². The summed E-state index contributed by atoms with van der Waals surface area (Å²) < 4.78 is 15.4. The molecule has 0 aliphatic heterocycles. The Morgan fingerprint density at radius 3 is 2.93 bits per heavy atom. The SMILES string of the molecule is Cn1ccc2cc(CN)c(Cl)c(F)c21. The van der Waals surface area contributed by atoms with E-state index in [1.807, 2.05) is 12.1 Å². The first kappa shape index (κ1) is 9.49. The van der Waals surface area contributed by atoms with Gasteiger partial charge >= 0.3 is 0 Å². The lowest BCUT2D eigenvalue weighted by Gasteiger charge is -2.05. The van der Waals surface area contributed by atoms with Crippen LogP contribution in [-0.4, -0.2) is 4.57 Å². The number of hydrogen-bond donors (Lipinski definition) is 1. The Kier molecular flexibility index (Phi) is 2.21. The quantitative estimate of drug-likeness (QED) is 0.774. The molecule has 2 N–H and O–H groups in total. The van der Waals surface area contributed by atoms with Crippen LogP contribution in [0.1, 0.15) is 5.56 Å². The van der Waals surface area contributed by atoms with Crippen LogP contribution in [0.5, 0.6) is 0 Å². The van der Waals surface area contributed by atoms with Crippen LogP contribution in [-0.2, 0) is 13.6 Å². The summed E-state index contributed by atoms with van der Waals surface area (Å²) in [6.07, 6.45) is 1.80. The summed E-state index contributed by atoms with van der Waals surface area (Å²) in [6.45, 7) is 0.251. The van der Waals surface area contributed by atoms with E-state index in [-0.39, 0.29) is 11.6 Å². The predicted molar refractivity (Wildman–Crippen MR) is 55.8 cm³/mol. The van der Waals surface area contributed by atoms with Crippen molar-refractivity contribution in [3.8, 4) is 0 Å². The first-order valence-electron chi connectivity index (χ1n) is 4.27. The summed E-state index contributed by atoms with van der Waals surface area (Å²) in [5, 5.41) is 0.955. The zero-order valence-corrected chi connectivity index (χ0v) is 8.48. The van der Waals surface area contributed by atoms with Crippen LogP contribution in [0.3, 0.4) is 0 Å². The molecule has 1 aromatic heterocycles. The van der Waals surface area contributed by atoms with E-state index in [0.29, 0.717) is 11.1 Å². The largest absolute Gasteiger partial charge is 0.348 e. The van der Waals surface area contributed by atoms with Crippen molar-refractivity contribution in [2.45, 2.75) is 6.54 Å². The molecule has 1 aromatic carbocycles. The van der Waals surface area contributed by atoms with Gasteiger partial charge < -0.3 is 10.3 Å². The standard InChI is InChI=1S/C10H10ClFN2/c1-14-3-2-6-4-7(5-13)8(11)9(12)10(6)14/h2-4H,5,13H2,1H3. The molecule has 14 heavy (non-hydrogen) atoms. The van der Waals surface area contributed by atoms with E-state index < -0.39 is 5.82 Å². The van der Waals surface area contributed by atoms with Gasteiger partial charge in [-0.1, -0.05) is 11.6 Å². The summed E-state index contributed by atoms with van der Waals surface area (Å²) in [5.41, 5.74) is 6.62. The van der Waals surface area contributed by atoms with E-state index in [4.69, 9.17) is 17.3 Å². The van der Waals surface area contributed by atoms with Crippen LogP contribution in [0.25, 0.3) is 10.9 Å². The third kappa shape index (κ3) is 1.21. The topological polar surface area (TPSA) is 30.9 Å². The van der Waals surface area contributed by atoms with Crippen LogP contribution in [0, 0.1) is 5.82 Å². The fourth-order valence-electron chi connectivity index (χ4n) is 1.59. The number of benzene rings is 1. The molecular formula is C10H10ClFN2. The van der Waals surface area contributed by atoms with Crippen molar-refractivity contribution >= 4 is 22.5 Å². The number of rotatable bonds is 1. The van der Waals surface area contributed by atoms with Gasteiger partial charge in [-0.15, -0.1) is 0 Å². The van der Waals surface area contributed by atoms with Crippen molar-refractivity contribution in [1.82, 2.24) is 4.57 Å². The normalized spacial score (nSPS) is 11.1. The molecule has 0 amide bonds. The zero-order chi connectivity index (χ0) is 10.3. The lowest BCUT2D eigenvalue weighted by atomic mass is 10.1. The van der Waals surface area contributed by atoms with E-state index >= 15 is 0 Å². The number of nitrogens with two attached hydrogens (primary N) is 1. The highest BCUT2D eigenvalue weighted by molar-refractivity contribution is 6.32. The summed E-state index contributed by atoms with van der Waals surface area (Å²) in [4.78, 5) is 0. The van der Waals surface area contributed by atoms with Crippen LogP contribution in [0.2, 0.25) is 5.02 Å². The van der Waals surface area contributed by atoms with Gasteiger partial charge in [-0.05, 0) is 17.7 Å². The Bertz CT molecular complexity index is 490. The average Bonchev–Trinajstić information content (AvgIpc) is 2.54. The molecule has 2 aromatic rings. The molecule has 1 heterocycles. The van der Waals surface area contributed by atoms with Gasteiger partial charge in [0.1, 0.15) is 0 Å². The Balaban J connectivity index is 2.87. The highest BCUT2D eigenvalue weighted by Crippen LogP contribution is 2.28. The van der Waals surface area contributed by atoms with Crippen LogP contribution in [0.4, 0.5) is 4.39 Å². The van der Waals surface area contributed by atoms with Crippen molar-refractivity contribution in [2.24, 2.45) is 12.8 Å². The first-order chi connectivity index (χ1) is 6.65. The lowest BCUT2D eigenvalue weighted by molar-refractivity contribution is 0.630. The number of nitrogens with zero attached hydrogens (tertiary/aromatic N) is 1. The highest BCUT2D eigenvalue weighted by atomic mass is 35.5. The number of halogens is 2. The molecule has 0 spiro atoms. The summed E-state index contributed by atoms with van der Waals surface area (Å²) in [5.74, 6) is -0.392. The van der Waals surface area contributed by atoms with E-state index in [2.05, 4.69) is 0 Å². The number of fused-ring (bicyclic) bond motifs is 1. The van der Waals surface area contributed by atoms with Gasteiger partial charge in [0.05, 0.1) is 10.5 Å². The van der Waals surface area contributed by atoms with E-state index in [1.165, 1.54) is 0 Å². The summed E-state index contributed by atoms with van der Waals surface area (Å²) >= 11 is 5.83. The minimum absolute atomic E-state index is 0.127. The fourth-order valence-corrected chi connectivity index (χ4v) is 1.81. The summed E-state index contributed by atoms with van der Waals surface area (Å²) in [6, 6.07) is 3.66. The Labute approximate surface area is 86.1 Å². The first-order valence-corrected chi connectivity index (χ1v) is 4.65. The second-order valence-electron chi connectivity index (χ2n) is 3.23. The molecule has 0 aliphatic carbocycles. The molecule has 2 nitrogen and oxygen atoms in total. The molecule has 0 saturated heterocycles. The van der Waals surface area contributed by atoms with Crippen LogP contribution in [0.15, 0.2) is 18.3 Å². The third-order valence-electron chi connectivity index (χ3n) is 2.34. The van der Waals surface area contributed by atoms with E-state index in [0.717, 1.165) is 5.39 Å². The maximum absolute atomic E-state index is 13.7. The summed E-state index contributed by atoms with van der Waals surface area (Å²) in [7, 11) is 1.78. The third-order valence-corrected chi connectivity index (χ3v) is 2.74.